The van der Waals surface area contributed by atoms with Crippen LogP contribution in [0, 0.1) is 12.8 Å². The highest BCUT2D eigenvalue weighted by Crippen LogP contribution is 2.32. The van der Waals surface area contributed by atoms with Crippen LogP contribution in [0.2, 0.25) is 0 Å². The van der Waals surface area contributed by atoms with Crippen LogP contribution in [0.5, 0.6) is 0 Å². The monoisotopic (exact) mass is 274 g/mol. The van der Waals surface area contributed by atoms with E-state index in [4.69, 9.17) is 5.11 Å². The van der Waals surface area contributed by atoms with E-state index in [0.717, 1.165) is 15.9 Å². The molecule has 4 nitrogen and oxygen atoms in total. The molecule has 1 atom stereocenters. The maximum atomic E-state index is 10.8. The van der Waals surface area contributed by atoms with Crippen molar-refractivity contribution in [3.05, 3.63) is 15.9 Å². The van der Waals surface area contributed by atoms with Crippen LogP contribution >= 0.6 is 15.9 Å². The molecule has 15 heavy (non-hydrogen) atoms. The van der Waals surface area contributed by atoms with Crippen molar-refractivity contribution in [3.8, 4) is 0 Å². The fourth-order valence-corrected chi connectivity index (χ4v) is 1.99. The smallest absolute Gasteiger partial charge is 0.304 e. The average molecular weight is 275 g/mol. The van der Waals surface area contributed by atoms with Gasteiger partial charge in [-0.2, -0.15) is 5.10 Å². The fourth-order valence-electron chi connectivity index (χ4n) is 1.52. The molecule has 1 aromatic heterocycles. The highest BCUT2D eigenvalue weighted by atomic mass is 79.9. The first kappa shape index (κ1) is 12.2. The first-order valence-electron chi connectivity index (χ1n) is 4.85. The van der Waals surface area contributed by atoms with Gasteiger partial charge in [-0.15, -0.1) is 0 Å². The number of carboxylic acids is 1. The molecule has 0 aromatic carbocycles. The van der Waals surface area contributed by atoms with Crippen LogP contribution in [0.15, 0.2) is 4.47 Å². The predicted octanol–water partition coefficient (Wildman–Crippen LogP) is 2.69. The number of H-pyrrole nitrogens is 1. The maximum absolute atomic E-state index is 10.8. The molecule has 0 saturated carbocycles. The van der Waals surface area contributed by atoms with Gasteiger partial charge in [0.25, 0.3) is 0 Å². The van der Waals surface area contributed by atoms with Gasteiger partial charge in [-0.05, 0) is 28.8 Å². The number of aliphatic carboxylic acids is 1. The van der Waals surface area contributed by atoms with Gasteiger partial charge in [0.1, 0.15) is 0 Å². The van der Waals surface area contributed by atoms with E-state index in [-0.39, 0.29) is 18.3 Å². The van der Waals surface area contributed by atoms with Crippen molar-refractivity contribution < 1.29 is 9.90 Å². The molecule has 0 aliphatic carbocycles. The summed E-state index contributed by atoms with van der Waals surface area (Å²) in [5, 5.41) is 15.8. The normalized spacial score (nSPS) is 13.1. The van der Waals surface area contributed by atoms with Crippen LogP contribution in [0.4, 0.5) is 0 Å². The van der Waals surface area contributed by atoms with Crippen molar-refractivity contribution in [2.45, 2.75) is 33.1 Å². The van der Waals surface area contributed by atoms with E-state index in [0.29, 0.717) is 0 Å². The predicted molar refractivity (Wildman–Crippen MR) is 60.9 cm³/mol. The first-order chi connectivity index (χ1) is 6.93. The molecule has 0 amide bonds. The van der Waals surface area contributed by atoms with Gasteiger partial charge in [-0.25, -0.2) is 0 Å². The molecule has 5 heteroatoms. The van der Waals surface area contributed by atoms with Crippen molar-refractivity contribution >= 4 is 21.9 Å². The van der Waals surface area contributed by atoms with Gasteiger partial charge < -0.3 is 5.11 Å². The van der Waals surface area contributed by atoms with Gasteiger partial charge in [0, 0.05) is 11.6 Å². The second-order valence-electron chi connectivity index (χ2n) is 4.00. The largest absolute Gasteiger partial charge is 0.481 e. The summed E-state index contributed by atoms with van der Waals surface area (Å²) in [6.07, 6.45) is 0.112. The zero-order valence-electron chi connectivity index (χ0n) is 9.04. The Labute approximate surface area is 97.2 Å². The molecule has 1 rings (SSSR count). The number of nitrogens with one attached hydrogen (secondary N) is 1. The molecular formula is C10H15BrN2O2. The Morgan fingerprint density at radius 2 is 2.20 bits per heavy atom. The molecule has 1 aromatic rings. The number of aryl methyl sites for hydroxylation is 1. The lowest BCUT2D eigenvalue weighted by Crippen LogP contribution is -2.13. The topological polar surface area (TPSA) is 66.0 Å². The quantitative estimate of drug-likeness (QED) is 0.887. The van der Waals surface area contributed by atoms with Gasteiger partial charge in [-0.3, -0.25) is 9.89 Å². The lowest BCUT2D eigenvalue weighted by Gasteiger charge is -2.16. The number of carboxylic acid groups (broad SMARTS) is 1. The van der Waals surface area contributed by atoms with Crippen molar-refractivity contribution in [1.82, 2.24) is 10.2 Å². The average Bonchev–Trinajstić information content (AvgIpc) is 2.44. The minimum atomic E-state index is -0.791. The lowest BCUT2D eigenvalue weighted by atomic mass is 9.89. The Morgan fingerprint density at radius 3 is 2.53 bits per heavy atom. The molecule has 0 radical (unpaired) electrons. The summed E-state index contributed by atoms with van der Waals surface area (Å²) in [5.74, 6) is -0.594. The molecule has 1 heterocycles. The molecule has 1 unspecified atom stereocenters. The number of nitrogens with zero attached hydrogens (tertiary/aromatic N) is 1. The van der Waals surface area contributed by atoms with E-state index < -0.39 is 5.97 Å². The number of aromatic nitrogens is 2. The van der Waals surface area contributed by atoms with Gasteiger partial charge in [0.2, 0.25) is 0 Å². The standard InChI is InChI=1S/C10H15BrN2O2/c1-5(2)7(4-8(14)15)10-9(11)6(3)12-13-10/h5,7H,4H2,1-3H3,(H,12,13)(H,14,15). The summed E-state index contributed by atoms with van der Waals surface area (Å²) in [5.41, 5.74) is 1.74. The van der Waals surface area contributed by atoms with Crippen molar-refractivity contribution in [2.24, 2.45) is 5.92 Å². The SMILES string of the molecule is Cc1[nH]nc(C(CC(=O)O)C(C)C)c1Br. The Hall–Kier alpha value is -0.840. The number of hydrogen-bond donors (Lipinski definition) is 2. The Kier molecular flexibility index (Phi) is 3.90. The summed E-state index contributed by atoms with van der Waals surface area (Å²) >= 11 is 3.42. The molecule has 84 valence electrons. The van der Waals surface area contributed by atoms with Crippen LogP contribution in [-0.4, -0.2) is 21.3 Å². The molecule has 0 saturated heterocycles. The van der Waals surface area contributed by atoms with E-state index in [1.807, 2.05) is 20.8 Å². The van der Waals surface area contributed by atoms with Gasteiger partial charge in [0.05, 0.1) is 16.6 Å². The molecular weight excluding hydrogens is 260 g/mol. The third-order valence-electron chi connectivity index (χ3n) is 2.45. The molecule has 0 fully saturated rings. The van der Waals surface area contributed by atoms with Crippen LogP contribution in [0.25, 0.3) is 0 Å². The second-order valence-corrected chi connectivity index (χ2v) is 4.79. The number of rotatable bonds is 4. The van der Waals surface area contributed by atoms with Gasteiger partial charge in [0.15, 0.2) is 0 Å². The Bertz CT molecular complexity index is 360. The van der Waals surface area contributed by atoms with Crippen LogP contribution in [-0.2, 0) is 4.79 Å². The van der Waals surface area contributed by atoms with Crippen molar-refractivity contribution in [1.29, 1.82) is 0 Å². The molecule has 0 aliphatic heterocycles. The van der Waals surface area contributed by atoms with Crippen LogP contribution < -0.4 is 0 Å². The van der Waals surface area contributed by atoms with Crippen LogP contribution in [0.1, 0.15) is 37.6 Å². The molecule has 0 spiro atoms. The highest BCUT2D eigenvalue weighted by molar-refractivity contribution is 9.10. The van der Waals surface area contributed by atoms with E-state index in [1.54, 1.807) is 0 Å². The molecule has 0 aliphatic rings. The number of hydrogen-bond acceptors (Lipinski definition) is 2. The summed E-state index contributed by atoms with van der Waals surface area (Å²) in [4.78, 5) is 10.8. The van der Waals surface area contributed by atoms with E-state index in [2.05, 4.69) is 26.1 Å². The molecule has 2 N–H and O–H groups in total. The number of halogens is 1. The van der Waals surface area contributed by atoms with E-state index >= 15 is 0 Å². The van der Waals surface area contributed by atoms with Gasteiger partial charge in [-0.1, -0.05) is 13.8 Å². The van der Waals surface area contributed by atoms with Crippen molar-refractivity contribution in [3.63, 3.8) is 0 Å². The zero-order valence-corrected chi connectivity index (χ0v) is 10.6. The summed E-state index contributed by atoms with van der Waals surface area (Å²) in [6, 6.07) is 0. The third-order valence-corrected chi connectivity index (χ3v) is 3.45. The molecule has 0 bridgehead atoms. The summed E-state index contributed by atoms with van der Waals surface area (Å²) in [7, 11) is 0. The maximum Gasteiger partial charge on any atom is 0.304 e. The number of carbonyl (C=O) groups is 1. The lowest BCUT2D eigenvalue weighted by molar-refractivity contribution is -0.137. The number of aromatic amines is 1. The minimum absolute atomic E-state index is 0.0539. The first-order valence-corrected chi connectivity index (χ1v) is 5.65. The Balaban J connectivity index is 2.99. The minimum Gasteiger partial charge on any atom is -0.481 e. The highest BCUT2D eigenvalue weighted by Gasteiger charge is 2.24. The van der Waals surface area contributed by atoms with Crippen LogP contribution in [0.3, 0.4) is 0 Å². The zero-order chi connectivity index (χ0) is 11.6. The van der Waals surface area contributed by atoms with Gasteiger partial charge >= 0.3 is 5.97 Å². The fraction of sp³-hybridized carbons (Fsp3) is 0.600. The van der Waals surface area contributed by atoms with E-state index in [9.17, 15) is 4.79 Å². The van der Waals surface area contributed by atoms with E-state index in [1.165, 1.54) is 0 Å². The third kappa shape index (κ3) is 2.81. The summed E-state index contributed by atoms with van der Waals surface area (Å²) in [6.45, 7) is 5.91. The second kappa shape index (κ2) is 4.79. The van der Waals surface area contributed by atoms with Crippen molar-refractivity contribution in [2.75, 3.05) is 0 Å². The summed E-state index contributed by atoms with van der Waals surface area (Å²) < 4.78 is 0.891. The Morgan fingerprint density at radius 1 is 1.60 bits per heavy atom.